The van der Waals surface area contributed by atoms with Crippen molar-refractivity contribution < 1.29 is 8.78 Å². The van der Waals surface area contributed by atoms with Crippen LogP contribution in [0.3, 0.4) is 0 Å². The molecule has 3 aromatic rings. The summed E-state index contributed by atoms with van der Waals surface area (Å²) in [6, 6.07) is 10.1. The summed E-state index contributed by atoms with van der Waals surface area (Å²) in [7, 11) is 0. The largest absolute Gasteiger partial charge is 0.398 e. The lowest BCUT2D eigenvalue weighted by molar-refractivity contribution is 0.615. The number of tetrazole rings is 1. The van der Waals surface area contributed by atoms with Crippen LogP contribution in [-0.4, -0.2) is 20.2 Å². The number of halogens is 2. The van der Waals surface area contributed by atoms with E-state index in [1.165, 1.54) is 35.0 Å². The molecule has 0 aliphatic rings. The third-order valence-electron chi connectivity index (χ3n) is 3.01. The van der Waals surface area contributed by atoms with E-state index in [1.54, 1.807) is 12.1 Å². The fourth-order valence-electron chi connectivity index (χ4n) is 2.03. The van der Waals surface area contributed by atoms with Crippen molar-refractivity contribution in [3.8, 4) is 11.4 Å². The molecular formula is C14H11F2N5. The number of hydrogen-bond donors (Lipinski definition) is 1. The summed E-state index contributed by atoms with van der Waals surface area (Å²) >= 11 is 0. The van der Waals surface area contributed by atoms with E-state index >= 15 is 0 Å². The maximum atomic E-state index is 13.4. The second-order valence-corrected chi connectivity index (χ2v) is 4.52. The van der Waals surface area contributed by atoms with Crippen molar-refractivity contribution in [1.82, 2.24) is 20.2 Å². The lowest BCUT2D eigenvalue weighted by Crippen LogP contribution is -2.06. The van der Waals surface area contributed by atoms with E-state index in [0.717, 1.165) is 0 Å². The maximum absolute atomic E-state index is 13.4. The van der Waals surface area contributed by atoms with Crippen LogP contribution >= 0.6 is 0 Å². The zero-order valence-electron chi connectivity index (χ0n) is 10.9. The lowest BCUT2D eigenvalue weighted by Gasteiger charge is -2.07. The van der Waals surface area contributed by atoms with Crippen molar-refractivity contribution >= 4 is 5.69 Å². The summed E-state index contributed by atoms with van der Waals surface area (Å²) in [5, 5.41) is 11.3. The highest BCUT2D eigenvalue weighted by Gasteiger charge is 2.13. The van der Waals surface area contributed by atoms with Crippen LogP contribution in [0.4, 0.5) is 14.5 Å². The molecule has 0 amide bonds. The third-order valence-corrected chi connectivity index (χ3v) is 3.01. The first-order chi connectivity index (χ1) is 10.1. The maximum Gasteiger partial charge on any atom is 0.184 e. The van der Waals surface area contributed by atoms with E-state index < -0.39 is 5.82 Å². The van der Waals surface area contributed by atoms with Crippen molar-refractivity contribution in [2.24, 2.45) is 0 Å². The zero-order chi connectivity index (χ0) is 14.8. The van der Waals surface area contributed by atoms with Crippen LogP contribution < -0.4 is 5.73 Å². The van der Waals surface area contributed by atoms with Crippen molar-refractivity contribution in [2.75, 3.05) is 5.73 Å². The Morgan fingerprint density at radius 1 is 1.05 bits per heavy atom. The van der Waals surface area contributed by atoms with Crippen molar-refractivity contribution in [3.63, 3.8) is 0 Å². The van der Waals surface area contributed by atoms with Gasteiger partial charge in [0.15, 0.2) is 5.82 Å². The van der Waals surface area contributed by atoms with Crippen molar-refractivity contribution in [3.05, 3.63) is 59.7 Å². The van der Waals surface area contributed by atoms with Crippen molar-refractivity contribution in [2.45, 2.75) is 6.54 Å². The predicted molar refractivity (Wildman–Crippen MR) is 73.1 cm³/mol. The van der Waals surface area contributed by atoms with Crippen LogP contribution in [0.25, 0.3) is 11.4 Å². The quantitative estimate of drug-likeness (QED) is 0.750. The summed E-state index contributed by atoms with van der Waals surface area (Å²) in [5.74, 6) is -0.442. The third kappa shape index (κ3) is 2.71. The number of nitrogens with two attached hydrogens (primary N) is 1. The second-order valence-electron chi connectivity index (χ2n) is 4.52. The Balaban J connectivity index is 1.99. The molecule has 21 heavy (non-hydrogen) atoms. The van der Waals surface area contributed by atoms with Gasteiger partial charge in [0.1, 0.15) is 11.6 Å². The van der Waals surface area contributed by atoms with Gasteiger partial charge in [0.25, 0.3) is 0 Å². The molecule has 0 atom stereocenters. The summed E-state index contributed by atoms with van der Waals surface area (Å²) in [5.41, 5.74) is 7.29. The van der Waals surface area contributed by atoms with Crippen LogP contribution in [0.15, 0.2) is 42.5 Å². The van der Waals surface area contributed by atoms with E-state index in [2.05, 4.69) is 15.5 Å². The molecule has 0 bridgehead atoms. The first-order valence-electron chi connectivity index (χ1n) is 6.19. The minimum absolute atomic E-state index is 0.260. The second kappa shape index (κ2) is 5.28. The van der Waals surface area contributed by atoms with Gasteiger partial charge < -0.3 is 5.73 Å². The summed E-state index contributed by atoms with van der Waals surface area (Å²) in [6.07, 6.45) is 0. The first-order valence-corrected chi connectivity index (χ1v) is 6.19. The highest BCUT2D eigenvalue weighted by atomic mass is 19.1. The Morgan fingerprint density at radius 2 is 1.86 bits per heavy atom. The number of nitrogen functional groups attached to an aromatic ring is 1. The van der Waals surface area contributed by atoms with Crippen LogP contribution in [0.1, 0.15) is 5.56 Å². The van der Waals surface area contributed by atoms with Gasteiger partial charge in [0, 0.05) is 11.3 Å². The predicted octanol–water partition coefficient (Wildman–Crippen LogP) is 2.25. The molecule has 2 aromatic carbocycles. The number of aromatic nitrogens is 4. The molecule has 0 saturated carbocycles. The van der Waals surface area contributed by atoms with E-state index in [-0.39, 0.29) is 12.4 Å². The molecule has 1 aromatic heterocycles. The van der Waals surface area contributed by atoms with Gasteiger partial charge in [-0.1, -0.05) is 12.1 Å². The number of benzene rings is 2. The van der Waals surface area contributed by atoms with Gasteiger partial charge in [-0.15, -0.1) is 5.10 Å². The Morgan fingerprint density at radius 3 is 2.67 bits per heavy atom. The molecule has 5 nitrogen and oxygen atoms in total. The molecule has 3 rings (SSSR count). The van der Waals surface area contributed by atoms with Crippen LogP contribution in [0, 0.1) is 11.6 Å². The lowest BCUT2D eigenvalue weighted by atomic mass is 10.1. The molecule has 106 valence electrons. The SMILES string of the molecule is Nc1ccc(F)cc1-c1nnnn1Cc1cccc(F)c1. The van der Waals surface area contributed by atoms with Gasteiger partial charge >= 0.3 is 0 Å². The van der Waals surface area contributed by atoms with E-state index in [1.807, 2.05) is 0 Å². The monoisotopic (exact) mass is 287 g/mol. The number of nitrogens with zero attached hydrogens (tertiary/aromatic N) is 4. The van der Waals surface area contributed by atoms with E-state index in [0.29, 0.717) is 22.6 Å². The molecule has 0 radical (unpaired) electrons. The molecule has 0 unspecified atom stereocenters. The van der Waals surface area contributed by atoms with Gasteiger partial charge in [-0.2, -0.15) is 0 Å². The first kappa shape index (κ1) is 13.2. The molecular weight excluding hydrogens is 276 g/mol. The molecule has 0 spiro atoms. The average molecular weight is 287 g/mol. The minimum atomic E-state index is -0.431. The van der Waals surface area contributed by atoms with Crippen LogP contribution in [0.5, 0.6) is 0 Å². The molecule has 0 saturated heterocycles. The normalized spacial score (nSPS) is 10.8. The van der Waals surface area contributed by atoms with Crippen LogP contribution in [-0.2, 0) is 6.54 Å². The average Bonchev–Trinajstić information content (AvgIpc) is 2.89. The summed E-state index contributed by atoms with van der Waals surface area (Å²) in [6.45, 7) is 0.260. The summed E-state index contributed by atoms with van der Waals surface area (Å²) < 4.78 is 28.0. The van der Waals surface area contributed by atoms with Gasteiger partial charge in [-0.3, -0.25) is 0 Å². The number of hydrogen-bond acceptors (Lipinski definition) is 4. The Labute approximate surface area is 119 Å². The van der Waals surface area contributed by atoms with E-state index in [9.17, 15) is 8.78 Å². The van der Waals surface area contributed by atoms with Gasteiger partial charge in [0.2, 0.25) is 0 Å². The van der Waals surface area contributed by atoms with Crippen LogP contribution in [0.2, 0.25) is 0 Å². The standard InChI is InChI=1S/C14H11F2N5/c15-10-3-1-2-9(6-10)8-21-14(18-19-20-21)12-7-11(16)4-5-13(12)17/h1-7H,8,17H2. The number of rotatable bonds is 3. The highest BCUT2D eigenvalue weighted by molar-refractivity contribution is 5.71. The zero-order valence-corrected chi connectivity index (χ0v) is 10.9. The van der Waals surface area contributed by atoms with E-state index in [4.69, 9.17) is 5.73 Å². The van der Waals surface area contributed by atoms with Gasteiger partial charge in [-0.25, -0.2) is 13.5 Å². The fourth-order valence-corrected chi connectivity index (χ4v) is 2.03. The molecule has 0 aliphatic carbocycles. The highest BCUT2D eigenvalue weighted by Crippen LogP contribution is 2.24. The molecule has 0 aliphatic heterocycles. The molecule has 2 N–H and O–H groups in total. The smallest absolute Gasteiger partial charge is 0.184 e. The Kier molecular flexibility index (Phi) is 3.31. The van der Waals surface area contributed by atoms with Gasteiger partial charge in [0.05, 0.1) is 6.54 Å². The molecule has 0 fully saturated rings. The topological polar surface area (TPSA) is 69.6 Å². The van der Waals surface area contributed by atoms with Crippen molar-refractivity contribution in [1.29, 1.82) is 0 Å². The molecule has 1 heterocycles. The minimum Gasteiger partial charge on any atom is -0.398 e. The van der Waals surface area contributed by atoms with Gasteiger partial charge in [-0.05, 0) is 46.3 Å². The summed E-state index contributed by atoms with van der Waals surface area (Å²) in [4.78, 5) is 0. The Bertz CT molecular complexity index is 785. The Hall–Kier alpha value is -2.83. The fraction of sp³-hybridized carbons (Fsp3) is 0.0714. The molecule has 7 heteroatoms. The number of anilines is 1.